The van der Waals surface area contributed by atoms with Crippen LogP contribution in [0, 0.1) is 0 Å². The standard InChI is InChI=1S/C14H23O6P/c1-4-18-13(19-5-2)7-6-12(20-21)10-11(8-9-15)14(16)17-3/h6,8-10,13,15H,4-5,7,21H2,1-3H3/b9-8+,11-10+,12-6+. The molecule has 0 saturated heterocycles. The van der Waals surface area contributed by atoms with E-state index in [1.165, 1.54) is 19.3 Å². The average molecular weight is 318 g/mol. The van der Waals surface area contributed by atoms with Gasteiger partial charge in [-0.05, 0) is 32.1 Å². The van der Waals surface area contributed by atoms with Crippen molar-refractivity contribution in [1.29, 1.82) is 0 Å². The van der Waals surface area contributed by atoms with Gasteiger partial charge in [0.2, 0.25) is 0 Å². The molecule has 0 aliphatic heterocycles. The van der Waals surface area contributed by atoms with Crippen LogP contribution in [0.3, 0.4) is 0 Å². The van der Waals surface area contributed by atoms with Crippen LogP contribution in [0.5, 0.6) is 0 Å². The number of methoxy groups -OCH3 is 1. The normalized spacial score (nSPS) is 13.0. The highest BCUT2D eigenvalue weighted by Crippen LogP contribution is 2.13. The third kappa shape index (κ3) is 8.50. The minimum Gasteiger partial charge on any atom is -0.516 e. The van der Waals surface area contributed by atoms with Gasteiger partial charge >= 0.3 is 5.97 Å². The van der Waals surface area contributed by atoms with Crippen molar-refractivity contribution in [1.82, 2.24) is 0 Å². The highest BCUT2D eigenvalue weighted by molar-refractivity contribution is 7.10. The second kappa shape index (κ2) is 12.4. The zero-order chi connectivity index (χ0) is 16.1. The van der Waals surface area contributed by atoms with Crippen LogP contribution in [0.15, 0.2) is 35.8 Å². The maximum atomic E-state index is 11.5. The van der Waals surface area contributed by atoms with Crippen LogP contribution in [0.2, 0.25) is 0 Å². The van der Waals surface area contributed by atoms with Crippen LogP contribution in [0.1, 0.15) is 20.3 Å². The molecular weight excluding hydrogens is 295 g/mol. The number of aliphatic hydroxyl groups excluding tert-OH is 1. The lowest BCUT2D eigenvalue weighted by Gasteiger charge is -2.15. The summed E-state index contributed by atoms with van der Waals surface area (Å²) < 4.78 is 20.5. The second-order valence-electron chi connectivity index (χ2n) is 3.71. The molecule has 0 spiro atoms. The van der Waals surface area contributed by atoms with Crippen molar-refractivity contribution in [2.45, 2.75) is 26.6 Å². The van der Waals surface area contributed by atoms with Crippen molar-refractivity contribution < 1.29 is 28.6 Å². The first kappa shape index (κ1) is 19.6. The maximum absolute atomic E-state index is 11.5. The molecule has 0 heterocycles. The van der Waals surface area contributed by atoms with Crippen molar-refractivity contribution in [3.8, 4) is 0 Å². The molecule has 1 unspecified atom stereocenters. The van der Waals surface area contributed by atoms with Crippen LogP contribution < -0.4 is 0 Å². The summed E-state index contributed by atoms with van der Waals surface area (Å²) in [6.07, 6.45) is 5.22. The van der Waals surface area contributed by atoms with Crippen molar-refractivity contribution >= 4 is 15.4 Å². The minimum absolute atomic E-state index is 0.151. The number of carbonyl (C=O) groups excluding carboxylic acids is 1. The maximum Gasteiger partial charge on any atom is 0.338 e. The molecule has 0 aromatic carbocycles. The zero-order valence-electron chi connectivity index (χ0n) is 12.6. The SMILES string of the molecule is CCOC(C\C=C(/C=C(\C=C\O)C(=O)OC)OP)OCC. The molecule has 0 aliphatic carbocycles. The van der Waals surface area contributed by atoms with Gasteiger partial charge in [0.25, 0.3) is 0 Å². The lowest BCUT2D eigenvalue weighted by Crippen LogP contribution is -2.16. The van der Waals surface area contributed by atoms with Gasteiger partial charge in [-0.2, -0.15) is 0 Å². The van der Waals surface area contributed by atoms with Gasteiger partial charge in [-0.25, -0.2) is 4.79 Å². The molecule has 7 heteroatoms. The van der Waals surface area contributed by atoms with E-state index < -0.39 is 5.97 Å². The molecule has 0 saturated carbocycles. The molecule has 0 amide bonds. The molecule has 1 atom stereocenters. The molecule has 6 nitrogen and oxygen atoms in total. The third-order valence-corrected chi connectivity index (χ3v) is 2.60. The topological polar surface area (TPSA) is 74.2 Å². The van der Waals surface area contributed by atoms with E-state index in [2.05, 4.69) is 14.2 Å². The Morgan fingerprint density at radius 1 is 1.29 bits per heavy atom. The van der Waals surface area contributed by atoms with E-state index in [1.54, 1.807) is 6.08 Å². The number of aliphatic hydroxyl groups is 1. The van der Waals surface area contributed by atoms with Crippen LogP contribution in [-0.4, -0.2) is 37.7 Å². The van der Waals surface area contributed by atoms with Crippen molar-refractivity contribution in [3.63, 3.8) is 0 Å². The summed E-state index contributed by atoms with van der Waals surface area (Å²) in [7, 11) is 3.35. The van der Waals surface area contributed by atoms with Gasteiger partial charge in [0, 0.05) is 19.6 Å². The van der Waals surface area contributed by atoms with Gasteiger partial charge < -0.3 is 23.8 Å². The Morgan fingerprint density at radius 3 is 2.33 bits per heavy atom. The fraction of sp³-hybridized carbons (Fsp3) is 0.500. The lowest BCUT2D eigenvalue weighted by atomic mass is 10.2. The molecular formula is C14H23O6P. The Balaban J connectivity index is 5.01. The number of hydrogen-bond acceptors (Lipinski definition) is 6. The van der Waals surface area contributed by atoms with E-state index in [0.717, 1.165) is 6.26 Å². The number of rotatable bonds is 10. The summed E-state index contributed by atoms with van der Waals surface area (Å²) in [6.45, 7) is 4.83. The summed E-state index contributed by atoms with van der Waals surface area (Å²) in [5, 5.41) is 8.79. The number of esters is 1. The van der Waals surface area contributed by atoms with Crippen molar-refractivity contribution in [3.05, 3.63) is 35.8 Å². The van der Waals surface area contributed by atoms with E-state index in [9.17, 15) is 4.79 Å². The van der Waals surface area contributed by atoms with E-state index >= 15 is 0 Å². The van der Waals surface area contributed by atoms with Crippen LogP contribution in [0.25, 0.3) is 0 Å². The first-order chi connectivity index (χ1) is 10.1. The van der Waals surface area contributed by atoms with E-state index in [1.807, 2.05) is 13.8 Å². The van der Waals surface area contributed by atoms with Gasteiger partial charge in [0.15, 0.2) is 6.29 Å². The number of carbonyl (C=O) groups is 1. The Hall–Kier alpha value is -1.36. The molecule has 0 radical (unpaired) electrons. The first-order valence-electron chi connectivity index (χ1n) is 6.53. The van der Waals surface area contributed by atoms with Gasteiger partial charge in [-0.15, -0.1) is 0 Å². The van der Waals surface area contributed by atoms with Crippen LogP contribution >= 0.6 is 9.47 Å². The van der Waals surface area contributed by atoms with Gasteiger partial charge in [0.1, 0.15) is 5.76 Å². The third-order valence-electron chi connectivity index (χ3n) is 2.33. The first-order valence-corrected chi connectivity index (χ1v) is 7.00. The van der Waals surface area contributed by atoms with Crippen molar-refractivity contribution in [2.24, 2.45) is 0 Å². The largest absolute Gasteiger partial charge is 0.516 e. The molecule has 1 N–H and O–H groups in total. The fourth-order valence-electron chi connectivity index (χ4n) is 1.44. The Bertz CT molecular complexity index is 383. The number of ether oxygens (including phenoxy) is 3. The van der Waals surface area contributed by atoms with E-state index in [0.29, 0.717) is 25.4 Å². The smallest absolute Gasteiger partial charge is 0.338 e. The summed E-state index contributed by atoms with van der Waals surface area (Å²) in [6, 6.07) is 0. The van der Waals surface area contributed by atoms with Gasteiger partial charge in [-0.3, -0.25) is 0 Å². The quantitative estimate of drug-likeness (QED) is 0.167. The summed E-state index contributed by atoms with van der Waals surface area (Å²) in [5.41, 5.74) is 0.151. The van der Waals surface area contributed by atoms with E-state index in [-0.39, 0.29) is 11.9 Å². The van der Waals surface area contributed by atoms with E-state index in [4.69, 9.17) is 19.1 Å². The average Bonchev–Trinajstić information content (AvgIpc) is 2.49. The summed E-state index contributed by atoms with van der Waals surface area (Å²) >= 11 is 0. The minimum atomic E-state index is -0.584. The molecule has 0 aliphatic rings. The van der Waals surface area contributed by atoms with Crippen molar-refractivity contribution in [2.75, 3.05) is 20.3 Å². The predicted octanol–water partition coefficient (Wildman–Crippen LogP) is 2.64. The Labute approximate surface area is 127 Å². The molecule has 21 heavy (non-hydrogen) atoms. The monoisotopic (exact) mass is 318 g/mol. The lowest BCUT2D eigenvalue weighted by molar-refractivity contribution is -0.135. The van der Waals surface area contributed by atoms with Gasteiger partial charge in [-0.1, -0.05) is 0 Å². The van der Waals surface area contributed by atoms with Gasteiger partial charge in [0.05, 0.1) is 28.4 Å². The molecule has 0 aromatic rings. The fourth-order valence-corrected chi connectivity index (χ4v) is 1.60. The Kier molecular flexibility index (Phi) is 11.6. The summed E-state index contributed by atoms with van der Waals surface area (Å²) in [4.78, 5) is 11.5. The summed E-state index contributed by atoms with van der Waals surface area (Å²) in [5.74, 6) is -0.178. The molecule has 0 rings (SSSR count). The predicted molar refractivity (Wildman–Crippen MR) is 82.4 cm³/mol. The number of hydrogen-bond donors (Lipinski definition) is 1. The zero-order valence-corrected chi connectivity index (χ0v) is 13.7. The molecule has 0 fully saturated rings. The molecule has 0 aromatic heterocycles. The molecule has 120 valence electrons. The highest BCUT2D eigenvalue weighted by Gasteiger charge is 2.09. The Morgan fingerprint density at radius 2 is 1.90 bits per heavy atom. The highest BCUT2D eigenvalue weighted by atomic mass is 31.0. The van der Waals surface area contributed by atoms with Crippen LogP contribution in [0.4, 0.5) is 0 Å². The number of allylic oxidation sites excluding steroid dienone is 1. The second-order valence-corrected chi connectivity index (χ2v) is 3.94. The van der Waals surface area contributed by atoms with Crippen LogP contribution in [-0.2, 0) is 23.5 Å². The molecule has 0 bridgehead atoms.